The summed E-state index contributed by atoms with van der Waals surface area (Å²) in [4.78, 5) is 33.3. The second kappa shape index (κ2) is 41.4. The number of hydrogen-bond donors (Lipinski definition) is 10. The molecule has 714 valence electrons. The molecule has 0 unspecified atom stereocenters. The molecule has 2 aliphatic heterocycles. The van der Waals surface area contributed by atoms with Crippen LogP contribution in [0.25, 0.3) is 199 Å². The number of fused-ring (bicyclic) bond motifs is 16. The summed E-state index contributed by atoms with van der Waals surface area (Å²) >= 11 is 0. The van der Waals surface area contributed by atoms with E-state index in [1.165, 1.54) is 16.8 Å². The third-order valence-electron chi connectivity index (χ3n) is 25.3. The van der Waals surface area contributed by atoms with Gasteiger partial charge in [-0.25, -0.2) is 24.9 Å². The Bertz CT molecular complexity index is 8830. The van der Waals surface area contributed by atoms with Crippen LogP contribution in [-0.2, 0) is 0 Å². The molecule has 0 saturated carbocycles. The first-order chi connectivity index (χ1) is 68.0. The molecule has 13 aromatic carbocycles. The van der Waals surface area contributed by atoms with Crippen molar-refractivity contribution in [2.45, 2.75) is 51.0 Å². The van der Waals surface area contributed by atoms with E-state index in [9.17, 15) is 25.5 Å². The standard InChI is InChI=1S/C24H19N3O.C23H14N4O2.C23H15N3O3.C21H21N5O.C21H14N4O.5CH4/c1-14-3-4-17(11-15(14)2)19-12-23(16-5-7-18(28)8-6-16)26-22-10-9-21-20(24(19)22)13-25-27-21;24-12-14-1-7-17(8-2-14)29-22-11-21(15-3-5-16(28)6-4-15)26-20-10-9-19-18(23(20)22)13-25-27-19;27-15-4-1-13(2-5-15)20-10-16(14-3-8-21-22(9-14)29-12-28-21)23-17-11-24-26-18(17)6-7-19(23)25-20;1-25-8-10-26(11-9-25)20-12-19(14-2-4-15(27)5-3-14)23-18-7-6-17-16(21(18)20)13-22-24-17;26-15-3-1-14(2-4-15)20-11-16(13-7-9-22-10-8-13)21-17-12-23-25-18(17)5-6-19(21)24-20;;;;;/h3-13,28H,1-2H3,(H,25,27);1-11,13,28H,(H,25,27);1-11,27H,12H2,(H,24,26);2-7,12-13,27H,8-11H2,1H3,(H,22,24);1-12,26H,(H,23,25);5*1H4. The molecule has 0 radical (unpaired) electrons. The zero-order valence-corrected chi connectivity index (χ0v) is 74.9. The Morgan fingerprint density at radius 3 is 1.05 bits per heavy atom. The van der Waals surface area contributed by atoms with Gasteiger partial charge in [0, 0.05) is 127 Å². The van der Waals surface area contributed by atoms with Gasteiger partial charge in [-0.3, -0.25) is 30.5 Å². The second-order valence-electron chi connectivity index (χ2n) is 34.0. The van der Waals surface area contributed by atoms with E-state index in [4.69, 9.17) is 44.4 Å². The largest absolute Gasteiger partial charge is 0.508 e. The van der Waals surface area contributed by atoms with Crippen LogP contribution in [0.15, 0.2) is 328 Å². The van der Waals surface area contributed by atoms with Gasteiger partial charge in [-0.1, -0.05) is 61.4 Å². The number of phenolic OH excluding ortho intramolecular Hbond substituents is 5. The number of rotatable bonds is 11. The lowest BCUT2D eigenvalue weighted by Gasteiger charge is -2.35. The van der Waals surface area contributed by atoms with Crippen LogP contribution in [0.2, 0.25) is 0 Å². The maximum absolute atomic E-state index is 9.64. The summed E-state index contributed by atoms with van der Waals surface area (Å²) in [6.45, 7) is 8.55. The number of likely N-dealkylation sites (N-methyl/N-ethyl adjacent to an activating group) is 1. The molecular weight excluding hydrogens is 1800 g/mol. The molecule has 1 fully saturated rings. The first-order valence-corrected chi connectivity index (χ1v) is 44.9. The molecule has 27 nitrogen and oxygen atoms in total. The molecule has 24 aromatic rings. The minimum absolute atomic E-state index is 0. The van der Waals surface area contributed by atoms with E-state index in [0.29, 0.717) is 17.1 Å². The van der Waals surface area contributed by atoms with Crippen LogP contribution in [0.3, 0.4) is 0 Å². The maximum Gasteiger partial charge on any atom is 0.231 e. The van der Waals surface area contributed by atoms with E-state index >= 15 is 0 Å². The number of benzene rings is 13. The van der Waals surface area contributed by atoms with E-state index in [1.54, 1.807) is 104 Å². The molecule has 11 aromatic heterocycles. The van der Waals surface area contributed by atoms with E-state index in [0.717, 1.165) is 236 Å². The lowest BCUT2D eigenvalue weighted by atomic mass is 9.94. The van der Waals surface area contributed by atoms with Crippen molar-refractivity contribution in [2.24, 2.45) is 0 Å². The number of nitrogens with zero attached hydrogens (tertiary/aromatic N) is 14. The van der Waals surface area contributed by atoms with Gasteiger partial charge in [0.15, 0.2) is 11.5 Å². The van der Waals surface area contributed by atoms with Gasteiger partial charge in [0.2, 0.25) is 6.79 Å². The highest BCUT2D eigenvalue weighted by Crippen LogP contribution is 2.46. The number of aryl methyl sites for hydroxylation is 2. The van der Waals surface area contributed by atoms with Crippen LogP contribution in [0.5, 0.6) is 51.7 Å². The minimum atomic E-state index is 0. The number of aromatic amines is 5. The van der Waals surface area contributed by atoms with Crippen molar-refractivity contribution in [3.63, 3.8) is 0 Å². The number of hydrogen-bond acceptors (Lipinski definition) is 22. The first kappa shape index (κ1) is 96.7. The van der Waals surface area contributed by atoms with Gasteiger partial charge >= 0.3 is 0 Å². The Kier molecular flexibility index (Phi) is 27.8. The van der Waals surface area contributed by atoms with Gasteiger partial charge in [0.1, 0.15) is 40.2 Å². The van der Waals surface area contributed by atoms with Crippen LogP contribution in [0.4, 0.5) is 5.69 Å². The number of aromatic nitrogens is 16. The van der Waals surface area contributed by atoms with Crippen molar-refractivity contribution in [1.82, 2.24) is 85.8 Å². The summed E-state index contributed by atoms with van der Waals surface area (Å²) in [6, 6.07) is 91.3. The molecule has 27 heteroatoms. The number of anilines is 1. The van der Waals surface area contributed by atoms with Crippen molar-refractivity contribution in [1.29, 1.82) is 5.26 Å². The van der Waals surface area contributed by atoms with Crippen LogP contribution >= 0.6 is 0 Å². The lowest BCUT2D eigenvalue weighted by Crippen LogP contribution is -2.44. The average Bonchev–Trinajstić information content (AvgIpc) is 1.31. The summed E-state index contributed by atoms with van der Waals surface area (Å²) in [5, 5.41) is 103. The fourth-order valence-corrected chi connectivity index (χ4v) is 17.9. The van der Waals surface area contributed by atoms with Crippen molar-refractivity contribution in [2.75, 3.05) is 44.9 Å². The lowest BCUT2D eigenvalue weighted by molar-refractivity contribution is 0.174. The third-order valence-corrected chi connectivity index (χ3v) is 25.3. The quantitative estimate of drug-likeness (QED) is 0.0575. The Labute approximate surface area is 829 Å². The predicted octanol–water partition coefficient (Wildman–Crippen LogP) is 26.8. The van der Waals surface area contributed by atoms with Crippen LogP contribution in [0, 0.1) is 25.2 Å². The number of ether oxygens (including phenoxy) is 3. The molecule has 0 aliphatic carbocycles. The zero-order chi connectivity index (χ0) is 94.3. The molecular formula is C117H103N19O8. The van der Waals surface area contributed by atoms with Gasteiger partial charge < -0.3 is 49.5 Å². The second-order valence-corrected chi connectivity index (χ2v) is 34.0. The van der Waals surface area contributed by atoms with Gasteiger partial charge in [-0.05, 0) is 320 Å². The molecule has 2 aliphatic rings. The van der Waals surface area contributed by atoms with Crippen molar-refractivity contribution < 1.29 is 39.7 Å². The highest BCUT2D eigenvalue weighted by molar-refractivity contribution is 6.17. The van der Waals surface area contributed by atoms with Crippen molar-refractivity contribution in [3.05, 3.63) is 345 Å². The van der Waals surface area contributed by atoms with Gasteiger partial charge in [0.25, 0.3) is 0 Å². The molecule has 10 N–H and O–H groups in total. The number of nitrogens with one attached hydrogen (secondary N) is 5. The summed E-state index contributed by atoms with van der Waals surface area (Å²) < 4.78 is 17.3. The molecule has 0 atom stereocenters. The SMILES string of the molecule is C.C.C.C.C.CN1CCN(c2cc(-c3ccc(O)cc3)nc3ccc4[nH]ncc4c23)CC1.Cc1ccc(-c2cc(-c3ccc(O)cc3)nc3ccc4[nH]ncc4c23)cc1C.N#Cc1ccc(Oc2cc(-c3ccc(O)cc3)nc3ccc4[nH]ncc4c23)cc1.Oc1ccc(-c2cc(-c3ccc4c(c3)OCO4)c3c(ccc4[nH]ncc43)n2)cc1.Oc1ccc(-c2cc(-c3ccncc3)c3c(ccc4[nH]ncc43)n2)cc1. The Balaban J connectivity index is 0.000000122. The number of phenols is 5. The van der Waals surface area contributed by atoms with Gasteiger partial charge in [-0.2, -0.15) is 30.8 Å². The number of piperazine rings is 1. The molecule has 13 heterocycles. The Morgan fingerprint density at radius 1 is 0.319 bits per heavy atom. The Morgan fingerprint density at radius 2 is 0.653 bits per heavy atom. The number of pyridine rings is 6. The normalized spacial score (nSPS) is 11.9. The number of nitriles is 1. The Hall–Kier alpha value is -18.9. The predicted molar refractivity (Wildman–Crippen MR) is 577 cm³/mol. The summed E-state index contributed by atoms with van der Waals surface area (Å²) in [5.74, 6) is 3.91. The number of aromatic hydroxyl groups is 5. The smallest absolute Gasteiger partial charge is 0.231 e. The van der Waals surface area contributed by atoms with E-state index in [1.807, 2.05) is 176 Å². The number of H-pyrrole nitrogens is 5. The topological polar surface area (TPSA) is 380 Å². The minimum Gasteiger partial charge on any atom is -0.508 e. The molecule has 1 saturated heterocycles. The van der Waals surface area contributed by atoms with E-state index < -0.39 is 0 Å². The van der Waals surface area contributed by atoms with Crippen LogP contribution in [0.1, 0.15) is 53.8 Å². The van der Waals surface area contributed by atoms with Gasteiger partial charge in [-0.15, -0.1) is 0 Å². The molecule has 26 rings (SSSR count). The monoisotopic (exact) mass is 1900 g/mol. The first-order valence-electron chi connectivity index (χ1n) is 44.9. The average molecular weight is 1900 g/mol. The zero-order valence-electron chi connectivity index (χ0n) is 74.9. The molecule has 144 heavy (non-hydrogen) atoms. The third kappa shape index (κ3) is 19.3. The van der Waals surface area contributed by atoms with E-state index in [2.05, 4.69) is 141 Å². The van der Waals surface area contributed by atoms with Crippen LogP contribution < -0.4 is 19.1 Å². The fourth-order valence-electron chi connectivity index (χ4n) is 17.9. The summed E-state index contributed by atoms with van der Waals surface area (Å²) in [7, 11) is 2.16. The highest BCUT2D eigenvalue weighted by atomic mass is 16.7. The van der Waals surface area contributed by atoms with Crippen molar-refractivity contribution in [3.8, 4) is 147 Å². The molecule has 0 bridgehead atoms. The van der Waals surface area contributed by atoms with E-state index in [-0.39, 0.29) is 72.7 Å². The summed E-state index contributed by atoms with van der Waals surface area (Å²) in [6.07, 6.45) is 12.8. The fraction of sp³-hybridized carbons (Fsp3) is 0.111. The summed E-state index contributed by atoms with van der Waals surface area (Å²) in [5.41, 5.74) is 29.0. The highest BCUT2D eigenvalue weighted by Gasteiger charge is 2.25. The van der Waals surface area contributed by atoms with Crippen LogP contribution in [-0.4, -0.2) is 151 Å². The maximum atomic E-state index is 9.64. The molecule has 0 amide bonds. The van der Waals surface area contributed by atoms with Crippen molar-refractivity contribution >= 4 is 115 Å². The van der Waals surface area contributed by atoms with Gasteiger partial charge in [0.05, 0.1) is 132 Å². The molecule has 0 spiro atoms.